The third-order valence-corrected chi connectivity index (χ3v) is 5.24. The van der Waals surface area contributed by atoms with E-state index >= 15 is 0 Å². The Hall–Kier alpha value is -5.91. The minimum atomic E-state index is -0.704. The van der Waals surface area contributed by atoms with Gasteiger partial charge in [0.15, 0.2) is 5.78 Å². The molecule has 0 aliphatic heterocycles. The molecule has 3 amide bonds. The predicted molar refractivity (Wildman–Crippen MR) is 158 cm³/mol. The van der Waals surface area contributed by atoms with Gasteiger partial charge in [-0.2, -0.15) is 10.2 Å². The zero-order valence-corrected chi connectivity index (χ0v) is 25.1. The van der Waals surface area contributed by atoms with Gasteiger partial charge >= 0.3 is 6.09 Å². The molecule has 0 aromatic carbocycles. The van der Waals surface area contributed by atoms with Gasteiger partial charge in [-0.25, -0.2) is 24.7 Å². The molecular formula is C27H32N12O6. The van der Waals surface area contributed by atoms with Crippen LogP contribution in [0, 0.1) is 0 Å². The Morgan fingerprint density at radius 1 is 0.800 bits per heavy atom. The second-order valence-corrected chi connectivity index (χ2v) is 10.2. The van der Waals surface area contributed by atoms with Gasteiger partial charge in [0.25, 0.3) is 11.8 Å². The van der Waals surface area contributed by atoms with E-state index in [9.17, 15) is 24.0 Å². The van der Waals surface area contributed by atoms with Crippen molar-refractivity contribution in [1.29, 1.82) is 0 Å². The topological polar surface area (TPSA) is 244 Å². The molecule has 4 rings (SSSR count). The fraction of sp³-hybridized carbons (Fsp3) is 0.296. The van der Waals surface area contributed by atoms with Crippen LogP contribution in [0.3, 0.4) is 0 Å². The number of nitrogens with one attached hydrogen (secondary N) is 3. The van der Waals surface area contributed by atoms with E-state index < -0.39 is 29.3 Å². The van der Waals surface area contributed by atoms with E-state index in [1.165, 1.54) is 52.5 Å². The fourth-order valence-electron chi connectivity index (χ4n) is 3.23. The zero-order chi connectivity index (χ0) is 33.1. The Kier molecular flexibility index (Phi) is 11.2. The Labute approximate surface area is 256 Å². The van der Waals surface area contributed by atoms with Crippen LogP contribution in [0.2, 0.25) is 0 Å². The normalized spacial score (nSPS) is 10.6. The molecule has 0 radical (unpaired) electrons. The van der Waals surface area contributed by atoms with E-state index in [1.807, 2.05) is 0 Å². The highest BCUT2D eigenvalue weighted by Crippen LogP contribution is 2.08. The zero-order valence-electron chi connectivity index (χ0n) is 25.1. The largest absolute Gasteiger partial charge is 0.444 e. The first kappa shape index (κ1) is 33.6. The van der Waals surface area contributed by atoms with Crippen molar-refractivity contribution < 1.29 is 28.7 Å². The maximum absolute atomic E-state index is 12.1. The highest BCUT2D eigenvalue weighted by Gasteiger charge is 2.18. The molecule has 0 fully saturated rings. The molecule has 236 valence electrons. The quantitative estimate of drug-likeness (QED) is 0.189. The van der Waals surface area contributed by atoms with E-state index in [2.05, 4.69) is 46.1 Å². The van der Waals surface area contributed by atoms with Crippen LogP contribution >= 0.6 is 0 Å². The van der Waals surface area contributed by atoms with Crippen molar-refractivity contribution >= 4 is 41.4 Å². The lowest BCUT2D eigenvalue weighted by Gasteiger charge is -2.19. The van der Waals surface area contributed by atoms with Crippen LogP contribution in [0.1, 0.15) is 62.5 Å². The first-order valence-corrected chi connectivity index (χ1v) is 13.2. The molecule has 4 heterocycles. The highest BCUT2D eigenvalue weighted by atomic mass is 16.6. The third-order valence-electron chi connectivity index (χ3n) is 5.24. The predicted octanol–water partition coefficient (Wildman–Crippen LogP) is 0.774. The van der Waals surface area contributed by atoms with Crippen LogP contribution in [0.15, 0.2) is 49.3 Å². The van der Waals surface area contributed by atoms with E-state index in [0.717, 1.165) is 0 Å². The monoisotopic (exact) mass is 620 g/mol. The van der Waals surface area contributed by atoms with Crippen molar-refractivity contribution in [3.05, 3.63) is 71.8 Å². The molecule has 0 aliphatic rings. The van der Waals surface area contributed by atoms with Crippen molar-refractivity contribution in [3.63, 3.8) is 0 Å². The van der Waals surface area contributed by atoms with Crippen molar-refractivity contribution in [3.8, 4) is 0 Å². The molecule has 45 heavy (non-hydrogen) atoms. The van der Waals surface area contributed by atoms with Gasteiger partial charge < -0.3 is 15.8 Å². The number of anilines is 2. The van der Waals surface area contributed by atoms with Gasteiger partial charge in [-0.1, -0.05) is 0 Å². The molecule has 4 aromatic rings. The van der Waals surface area contributed by atoms with Crippen LogP contribution in [0.5, 0.6) is 0 Å². The van der Waals surface area contributed by atoms with Crippen LogP contribution in [-0.2, 0) is 18.8 Å². The number of Topliss-reactive ketones (excluding diaryl/α,β-unsaturated/α-hetero) is 2. The Morgan fingerprint density at radius 2 is 1.27 bits per heavy atom. The van der Waals surface area contributed by atoms with Gasteiger partial charge in [-0.3, -0.25) is 39.2 Å². The molecule has 18 heteroatoms. The minimum absolute atomic E-state index is 0.0260. The van der Waals surface area contributed by atoms with Gasteiger partial charge in [0.2, 0.25) is 17.7 Å². The molecule has 0 atom stereocenters. The summed E-state index contributed by atoms with van der Waals surface area (Å²) in [6.45, 7) is 4.72. The third kappa shape index (κ3) is 10.7. The molecule has 5 N–H and O–H groups in total. The number of nitrogens with two attached hydrogens (primary N) is 1. The number of alkyl carbamates (subject to hydrolysis) is 1. The molecule has 0 saturated heterocycles. The Bertz CT molecular complexity index is 1690. The highest BCUT2D eigenvalue weighted by molar-refractivity contribution is 6.04. The number of amides is 3. The van der Waals surface area contributed by atoms with E-state index in [4.69, 9.17) is 10.5 Å². The molecule has 4 aromatic heterocycles. The SMILES string of the molecule is Cn1cc(C(=O)Nc2nccc(C(=O)CN)n2)cn1.Cn1cc(C(=O)Nc2nccc(C(=O)CNC(=O)OC(C)(C)C)n2)cn1. The summed E-state index contributed by atoms with van der Waals surface area (Å²) in [6, 6.07) is 2.83. The smallest absolute Gasteiger partial charge is 0.408 e. The van der Waals surface area contributed by atoms with Gasteiger partial charge in [-0.05, 0) is 32.9 Å². The maximum atomic E-state index is 12.1. The first-order chi connectivity index (χ1) is 21.2. The number of ketones is 2. The van der Waals surface area contributed by atoms with Gasteiger partial charge in [0.1, 0.15) is 17.0 Å². The number of ether oxygens (including phenoxy) is 1. The average Bonchev–Trinajstić information content (AvgIpc) is 3.63. The summed E-state index contributed by atoms with van der Waals surface area (Å²) in [4.78, 5) is 74.7. The summed E-state index contributed by atoms with van der Waals surface area (Å²) in [5.74, 6) is -1.59. The van der Waals surface area contributed by atoms with Crippen LogP contribution in [0.25, 0.3) is 0 Å². The lowest BCUT2D eigenvalue weighted by molar-refractivity contribution is 0.0520. The molecule has 18 nitrogen and oxygen atoms in total. The summed E-state index contributed by atoms with van der Waals surface area (Å²) in [5, 5.41) is 15.1. The van der Waals surface area contributed by atoms with Crippen molar-refractivity contribution in [2.45, 2.75) is 26.4 Å². The number of rotatable bonds is 9. The lowest BCUT2D eigenvalue weighted by Crippen LogP contribution is -2.35. The number of aryl methyl sites for hydroxylation is 2. The van der Waals surface area contributed by atoms with Crippen LogP contribution < -0.4 is 21.7 Å². The van der Waals surface area contributed by atoms with E-state index in [1.54, 1.807) is 41.1 Å². The van der Waals surface area contributed by atoms with Gasteiger partial charge in [0, 0.05) is 38.9 Å². The minimum Gasteiger partial charge on any atom is -0.444 e. The molecule has 0 unspecified atom stereocenters. The summed E-state index contributed by atoms with van der Waals surface area (Å²) >= 11 is 0. The van der Waals surface area contributed by atoms with Crippen molar-refractivity contribution in [1.82, 2.24) is 44.8 Å². The van der Waals surface area contributed by atoms with Gasteiger partial charge in [0.05, 0.1) is 36.6 Å². The average molecular weight is 621 g/mol. The molecule has 0 saturated carbocycles. The molecule has 0 aliphatic carbocycles. The second kappa shape index (κ2) is 15.0. The van der Waals surface area contributed by atoms with Crippen molar-refractivity contribution in [2.24, 2.45) is 19.8 Å². The summed E-state index contributed by atoms with van der Waals surface area (Å²) < 4.78 is 8.04. The number of aromatic nitrogens is 8. The van der Waals surface area contributed by atoms with Crippen LogP contribution in [-0.4, -0.2) is 87.7 Å². The standard InChI is InChI=1S/C16H20N6O4.C11H12N6O2/c1-16(2,3)26-15(25)18-8-12(23)11-5-6-17-14(20-11)21-13(24)10-7-19-22(4)9-10;1-17-6-7(5-14-17)10(19)16-11-13-3-2-8(15-11)9(18)4-12/h5-7,9H,8H2,1-4H3,(H,18,25)(H,17,20,21,24);2-3,5-6H,4,12H2,1H3,(H,13,15,16,19). The first-order valence-electron chi connectivity index (χ1n) is 13.2. The number of hydrogen-bond acceptors (Lipinski definition) is 13. The Morgan fingerprint density at radius 3 is 1.67 bits per heavy atom. The number of nitrogens with zero attached hydrogens (tertiary/aromatic N) is 8. The summed E-state index contributed by atoms with van der Waals surface area (Å²) in [6.07, 6.45) is 7.94. The van der Waals surface area contributed by atoms with E-state index in [-0.39, 0.29) is 42.2 Å². The lowest BCUT2D eigenvalue weighted by atomic mass is 10.2. The molecule has 0 bridgehead atoms. The Balaban J connectivity index is 0.000000257. The summed E-state index contributed by atoms with van der Waals surface area (Å²) in [5.41, 5.74) is 5.51. The maximum Gasteiger partial charge on any atom is 0.408 e. The van der Waals surface area contributed by atoms with Crippen molar-refractivity contribution in [2.75, 3.05) is 23.7 Å². The number of hydrogen-bond donors (Lipinski definition) is 4. The molecular weight excluding hydrogens is 588 g/mol. The number of carbonyl (C=O) groups is 5. The van der Waals surface area contributed by atoms with Crippen LogP contribution in [0.4, 0.5) is 16.7 Å². The van der Waals surface area contributed by atoms with E-state index in [0.29, 0.717) is 11.1 Å². The summed E-state index contributed by atoms with van der Waals surface area (Å²) in [7, 11) is 3.39. The van der Waals surface area contributed by atoms with Gasteiger partial charge in [-0.15, -0.1) is 0 Å². The second-order valence-electron chi connectivity index (χ2n) is 10.2. The fourth-order valence-corrected chi connectivity index (χ4v) is 3.23. The molecule has 0 spiro atoms. The number of carbonyl (C=O) groups excluding carboxylic acids is 5.